The Morgan fingerprint density at radius 3 is 2.25 bits per heavy atom. The lowest BCUT2D eigenvalue weighted by molar-refractivity contribution is -0.135. The molecule has 1 fully saturated rings. The summed E-state index contributed by atoms with van der Waals surface area (Å²) in [7, 11) is 0. The van der Waals surface area contributed by atoms with Crippen molar-refractivity contribution in [2.24, 2.45) is 5.92 Å². The predicted octanol–water partition coefficient (Wildman–Crippen LogP) is 2.10. The van der Waals surface area contributed by atoms with Gasteiger partial charge in [-0.2, -0.15) is 0 Å². The maximum absolute atomic E-state index is 11.2. The third-order valence-corrected chi connectivity index (χ3v) is 3.57. The second-order valence-corrected chi connectivity index (χ2v) is 4.35. The van der Waals surface area contributed by atoms with Crippen LogP contribution < -0.4 is 0 Å². The van der Waals surface area contributed by atoms with Gasteiger partial charge in [0.15, 0.2) is 5.78 Å². The number of Topliss-reactive ketones (excluding diaryl/α,β-unsaturated/α-hetero) is 2. The molecule has 0 saturated heterocycles. The van der Waals surface area contributed by atoms with Gasteiger partial charge in [-0.25, -0.2) is 0 Å². The van der Waals surface area contributed by atoms with Gasteiger partial charge in [-0.05, 0) is 18.8 Å². The Labute approximate surface area is 80.8 Å². The second-order valence-electron chi connectivity index (χ2n) is 3.37. The van der Waals surface area contributed by atoms with Crippen LogP contribution in [0, 0.1) is 5.92 Å². The average molecular weight is 233 g/mol. The minimum absolute atomic E-state index is 0.225. The Hall–Kier alpha value is -0.180. The lowest BCUT2D eigenvalue weighted by Crippen LogP contribution is -2.27. The highest BCUT2D eigenvalue weighted by molar-refractivity contribution is 9.10. The number of ketones is 2. The van der Waals surface area contributed by atoms with E-state index in [4.69, 9.17) is 0 Å². The van der Waals surface area contributed by atoms with Crippen LogP contribution in [0.4, 0.5) is 0 Å². The molecule has 68 valence electrons. The molecule has 0 aromatic rings. The lowest BCUT2D eigenvalue weighted by atomic mass is 9.99. The molecule has 1 saturated carbocycles. The number of hydrogen-bond acceptors (Lipinski definition) is 2. The lowest BCUT2D eigenvalue weighted by Gasteiger charge is -2.13. The molecule has 0 heterocycles. The zero-order valence-electron chi connectivity index (χ0n) is 7.18. The van der Waals surface area contributed by atoms with Gasteiger partial charge in [0, 0.05) is 6.92 Å². The summed E-state index contributed by atoms with van der Waals surface area (Å²) in [5.41, 5.74) is 0. The monoisotopic (exact) mass is 232 g/mol. The highest BCUT2D eigenvalue weighted by Gasteiger charge is 2.30. The van der Waals surface area contributed by atoms with E-state index < -0.39 is 0 Å². The highest BCUT2D eigenvalue weighted by atomic mass is 79.9. The quantitative estimate of drug-likeness (QED) is 0.552. The first-order valence-corrected chi connectivity index (χ1v) is 5.23. The molecule has 0 spiro atoms. The maximum Gasteiger partial charge on any atom is 0.211 e. The normalized spacial score (nSPS) is 20.8. The summed E-state index contributed by atoms with van der Waals surface area (Å²) in [6, 6.07) is 0. The fourth-order valence-corrected chi connectivity index (χ4v) is 2.51. The predicted molar refractivity (Wildman–Crippen MR) is 50.4 cm³/mol. The van der Waals surface area contributed by atoms with E-state index in [0.29, 0.717) is 5.92 Å². The van der Waals surface area contributed by atoms with Gasteiger partial charge in [0.05, 0.1) is 4.83 Å². The van der Waals surface area contributed by atoms with Crippen LogP contribution in [-0.4, -0.2) is 16.4 Å². The van der Waals surface area contributed by atoms with Gasteiger partial charge in [-0.15, -0.1) is 0 Å². The SMILES string of the molecule is CC(=O)C(=O)C(Br)C1CCCC1. The van der Waals surface area contributed by atoms with Crippen molar-refractivity contribution in [3.63, 3.8) is 0 Å². The first-order valence-electron chi connectivity index (χ1n) is 4.31. The van der Waals surface area contributed by atoms with Gasteiger partial charge >= 0.3 is 0 Å². The van der Waals surface area contributed by atoms with E-state index in [1.807, 2.05) is 0 Å². The topological polar surface area (TPSA) is 34.1 Å². The molecule has 3 heteroatoms. The van der Waals surface area contributed by atoms with Crippen LogP contribution in [0.15, 0.2) is 0 Å². The van der Waals surface area contributed by atoms with Crippen molar-refractivity contribution < 1.29 is 9.59 Å². The number of rotatable bonds is 3. The average Bonchev–Trinajstić information content (AvgIpc) is 2.53. The van der Waals surface area contributed by atoms with Crippen LogP contribution >= 0.6 is 15.9 Å². The fraction of sp³-hybridized carbons (Fsp3) is 0.778. The summed E-state index contributed by atoms with van der Waals surface area (Å²) >= 11 is 3.30. The summed E-state index contributed by atoms with van der Waals surface area (Å²) in [5, 5.41) is 0. The molecule has 1 aliphatic rings. The summed E-state index contributed by atoms with van der Waals surface area (Å²) < 4.78 is 0. The highest BCUT2D eigenvalue weighted by Crippen LogP contribution is 2.31. The van der Waals surface area contributed by atoms with E-state index in [2.05, 4.69) is 15.9 Å². The third-order valence-electron chi connectivity index (χ3n) is 2.41. The van der Waals surface area contributed by atoms with Crippen molar-refractivity contribution in [2.75, 3.05) is 0 Å². The molecule has 0 N–H and O–H groups in total. The van der Waals surface area contributed by atoms with Crippen molar-refractivity contribution in [3.8, 4) is 0 Å². The minimum atomic E-state index is -0.330. The smallest absolute Gasteiger partial charge is 0.211 e. The van der Waals surface area contributed by atoms with Crippen molar-refractivity contribution in [3.05, 3.63) is 0 Å². The van der Waals surface area contributed by atoms with Crippen LogP contribution in [-0.2, 0) is 9.59 Å². The van der Waals surface area contributed by atoms with Gasteiger partial charge in [0.25, 0.3) is 0 Å². The molecule has 12 heavy (non-hydrogen) atoms. The van der Waals surface area contributed by atoms with Crippen molar-refractivity contribution in [2.45, 2.75) is 37.4 Å². The molecule has 0 radical (unpaired) electrons. The van der Waals surface area contributed by atoms with Crippen LogP contribution in [0.25, 0.3) is 0 Å². The molecule has 1 atom stereocenters. The number of carbonyl (C=O) groups is 2. The zero-order chi connectivity index (χ0) is 9.14. The van der Waals surface area contributed by atoms with Gasteiger partial charge < -0.3 is 0 Å². The second kappa shape index (κ2) is 4.17. The van der Waals surface area contributed by atoms with Gasteiger partial charge in [0.1, 0.15) is 0 Å². The number of carbonyl (C=O) groups excluding carboxylic acids is 2. The molecule has 0 aromatic carbocycles. The van der Waals surface area contributed by atoms with Crippen molar-refractivity contribution in [1.82, 2.24) is 0 Å². The summed E-state index contributed by atoms with van der Waals surface area (Å²) in [5.74, 6) is -0.202. The van der Waals surface area contributed by atoms with Crippen LogP contribution in [0.5, 0.6) is 0 Å². The Kier molecular flexibility index (Phi) is 3.44. The zero-order valence-corrected chi connectivity index (χ0v) is 8.76. The molecular formula is C9H13BrO2. The Bertz CT molecular complexity index is 195. The number of halogens is 1. The van der Waals surface area contributed by atoms with Gasteiger partial charge in [-0.1, -0.05) is 28.8 Å². The number of hydrogen-bond donors (Lipinski definition) is 0. The van der Waals surface area contributed by atoms with Gasteiger partial charge in [0.2, 0.25) is 5.78 Å². The molecule has 1 rings (SSSR count). The van der Waals surface area contributed by atoms with E-state index in [9.17, 15) is 9.59 Å². The van der Waals surface area contributed by atoms with Crippen LogP contribution in [0.3, 0.4) is 0 Å². The largest absolute Gasteiger partial charge is 0.291 e. The Balaban J connectivity index is 2.51. The first kappa shape index (κ1) is 9.90. The molecule has 1 unspecified atom stereocenters. The van der Waals surface area contributed by atoms with E-state index in [1.54, 1.807) is 0 Å². The molecule has 0 amide bonds. The standard InChI is InChI=1S/C9H13BrO2/c1-6(11)9(12)8(10)7-4-2-3-5-7/h7-8H,2-5H2,1H3. The van der Waals surface area contributed by atoms with Crippen LogP contribution in [0.1, 0.15) is 32.6 Å². The van der Waals surface area contributed by atoms with E-state index >= 15 is 0 Å². The molecular weight excluding hydrogens is 220 g/mol. The van der Waals surface area contributed by atoms with Gasteiger partial charge in [-0.3, -0.25) is 9.59 Å². The van der Waals surface area contributed by atoms with E-state index in [-0.39, 0.29) is 16.4 Å². The Morgan fingerprint density at radius 2 is 1.83 bits per heavy atom. The minimum Gasteiger partial charge on any atom is -0.291 e. The third kappa shape index (κ3) is 2.16. The number of alkyl halides is 1. The summed E-state index contributed by atoms with van der Waals surface area (Å²) in [4.78, 5) is 21.8. The Morgan fingerprint density at radius 1 is 1.33 bits per heavy atom. The van der Waals surface area contributed by atoms with E-state index in [0.717, 1.165) is 12.8 Å². The van der Waals surface area contributed by atoms with Crippen molar-refractivity contribution >= 4 is 27.5 Å². The summed E-state index contributed by atoms with van der Waals surface area (Å²) in [6.07, 6.45) is 4.54. The molecule has 0 bridgehead atoms. The first-order chi connectivity index (χ1) is 5.63. The molecule has 2 nitrogen and oxygen atoms in total. The molecule has 1 aliphatic carbocycles. The molecule has 0 aliphatic heterocycles. The summed E-state index contributed by atoms with van der Waals surface area (Å²) in [6.45, 7) is 1.34. The fourth-order valence-electron chi connectivity index (χ4n) is 1.66. The van der Waals surface area contributed by atoms with E-state index in [1.165, 1.54) is 19.8 Å². The van der Waals surface area contributed by atoms with Crippen LogP contribution in [0.2, 0.25) is 0 Å². The van der Waals surface area contributed by atoms with Crippen molar-refractivity contribution in [1.29, 1.82) is 0 Å². The maximum atomic E-state index is 11.2. The molecule has 0 aromatic heterocycles.